The van der Waals surface area contributed by atoms with Crippen LogP contribution in [0.4, 0.5) is 4.39 Å². The SMILES string of the molecule is COc1cccc(F)c1C=CC=O. The lowest BCUT2D eigenvalue weighted by molar-refractivity contribution is -0.104. The Bertz CT molecular complexity index is 332. The fraction of sp³-hybridized carbons (Fsp3) is 0.100. The molecule has 0 saturated heterocycles. The van der Waals surface area contributed by atoms with Gasteiger partial charge in [0.1, 0.15) is 17.9 Å². The average molecular weight is 180 g/mol. The number of rotatable bonds is 3. The minimum Gasteiger partial charge on any atom is -0.496 e. The standard InChI is InChI=1S/C10H9FO2/c1-13-10-6-2-5-9(11)8(10)4-3-7-12/h2-7H,1H3. The summed E-state index contributed by atoms with van der Waals surface area (Å²) < 4.78 is 18.0. The third kappa shape index (κ3) is 2.15. The van der Waals surface area contributed by atoms with Crippen LogP contribution < -0.4 is 4.74 Å². The Balaban J connectivity index is 3.14. The van der Waals surface area contributed by atoms with Crippen LogP contribution in [0, 0.1) is 5.82 Å². The summed E-state index contributed by atoms with van der Waals surface area (Å²) in [5, 5.41) is 0. The maximum absolute atomic E-state index is 13.1. The number of halogens is 1. The topological polar surface area (TPSA) is 26.3 Å². The van der Waals surface area contributed by atoms with Gasteiger partial charge in [0.25, 0.3) is 0 Å². The minimum atomic E-state index is -0.405. The van der Waals surface area contributed by atoms with Crippen molar-refractivity contribution in [2.45, 2.75) is 0 Å². The molecule has 0 aliphatic heterocycles. The third-order valence-electron chi connectivity index (χ3n) is 1.57. The molecule has 0 atom stereocenters. The van der Waals surface area contributed by atoms with Crippen molar-refractivity contribution in [2.24, 2.45) is 0 Å². The molecule has 0 radical (unpaired) electrons. The van der Waals surface area contributed by atoms with E-state index in [0.717, 1.165) is 0 Å². The van der Waals surface area contributed by atoms with Crippen molar-refractivity contribution >= 4 is 12.4 Å². The smallest absolute Gasteiger partial charge is 0.142 e. The molecule has 0 saturated carbocycles. The monoisotopic (exact) mass is 180 g/mol. The largest absolute Gasteiger partial charge is 0.496 e. The zero-order valence-electron chi connectivity index (χ0n) is 7.16. The molecule has 1 rings (SSSR count). The number of benzene rings is 1. The Hall–Kier alpha value is -1.64. The molecular weight excluding hydrogens is 171 g/mol. The first-order valence-electron chi connectivity index (χ1n) is 3.74. The van der Waals surface area contributed by atoms with Crippen LogP contribution in [0.1, 0.15) is 5.56 Å². The second-order valence-electron chi connectivity index (χ2n) is 2.35. The summed E-state index contributed by atoms with van der Waals surface area (Å²) in [6, 6.07) is 4.49. The van der Waals surface area contributed by atoms with E-state index in [1.54, 1.807) is 12.1 Å². The number of aldehydes is 1. The Morgan fingerprint density at radius 1 is 1.46 bits per heavy atom. The highest BCUT2D eigenvalue weighted by molar-refractivity contribution is 5.75. The molecule has 1 aromatic carbocycles. The summed E-state index contributed by atoms with van der Waals surface area (Å²) in [5.74, 6) is 0.00977. The van der Waals surface area contributed by atoms with Crippen LogP contribution in [-0.4, -0.2) is 13.4 Å². The van der Waals surface area contributed by atoms with E-state index < -0.39 is 5.82 Å². The molecule has 0 bridgehead atoms. The highest BCUT2D eigenvalue weighted by Crippen LogP contribution is 2.21. The van der Waals surface area contributed by atoms with Crippen LogP contribution in [0.15, 0.2) is 24.3 Å². The van der Waals surface area contributed by atoms with Crippen LogP contribution in [-0.2, 0) is 4.79 Å². The molecule has 0 aliphatic carbocycles. The van der Waals surface area contributed by atoms with Gasteiger partial charge in [-0.1, -0.05) is 6.07 Å². The van der Waals surface area contributed by atoms with Crippen LogP contribution in [0.2, 0.25) is 0 Å². The van der Waals surface area contributed by atoms with Crippen molar-refractivity contribution < 1.29 is 13.9 Å². The van der Waals surface area contributed by atoms with Crippen molar-refractivity contribution in [1.82, 2.24) is 0 Å². The van der Waals surface area contributed by atoms with E-state index in [4.69, 9.17) is 4.74 Å². The highest BCUT2D eigenvalue weighted by Gasteiger charge is 2.04. The van der Waals surface area contributed by atoms with E-state index in [2.05, 4.69) is 0 Å². The maximum atomic E-state index is 13.1. The van der Waals surface area contributed by atoms with Crippen molar-refractivity contribution in [3.8, 4) is 5.75 Å². The molecule has 0 unspecified atom stereocenters. The fourth-order valence-electron chi connectivity index (χ4n) is 0.992. The molecule has 3 heteroatoms. The van der Waals surface area contributed by atoms with Gasteiger partial charge in [0, 0.05) is 0 Å². The number of hydrogen-bond donors (Lipinski definition) is 0. The molecule has 0 amide bonds. The second-order valence-corrected chi connectivity index (χ2v) is 2.35. The van der Waals surface area contributed by atoms with Crippen LogP contribution in [0.25, 0.3) is 6.08 Å². The number of ether oxygens (including phenoxy) is 1. The molecule has 68 valence electrons. The van der Waals surface area contributed by atoms with Gasteiger partial charge >= 0.3 is 0 Å². The van der Waals surface area contributed by atoms with Gasteiger partial charge in [-0.25, -0.2) is 4.39 Å². The Morgan fingerprint density at radius 3 is 2.85 bits per heavy atom. The van der Waals surface area contributed by atoms with E-state index in [-0.39, 0.29) is 5.56 Å². The second kappa shape index (κ2) is 4.40. The molecular formula is C10H9FO2. The third-order valence-corrected chi connectivity index (χ3v) is 1.57. The number of methoxy groups -OCH3 is 1. The van der Waals surface area contributed by atoms with Crippen molar-refractivity contribution in [3.63, 3.8) is 0 Å². The Morgan fingerprint density at radius 2 is 2.23 bits per heavy atom. The van der Waals surface area contributed by atoms with Crippen molar-refractivity contribution in [1.29, 1.82) is 0 Å². The van der Waals surface area contributed by atoms with Gasteiger partial charge in [0.05, 0.1) is 12.7 Å². The molecule has 0 aromatic heterocycles. The van der Waals surface area contributed by atoms with Crippen LogP contribution in [0.5, 0.6) is 5.75 Å². The fourth-order valence-corrected chi connectivity index (χ4v) is 0.992. The Kier molecular flexibility index (Phi) is 3.20. The summed E-state index contributed by atoms with van der Waals surface area (Å²) in [6.07, 6.45) is 3.19. The van der Waals surface area contributed by atoms with E-state index >= 15 is 0 Å². The lowest BCUT2D eigenvalue weighted by Crippen LogP contribution is -1.89. The predicted octanol–water partition coefficient (Wildman–Crippen LogP) is 2.05. The van der Waals surface area contributed by atoms with Gasteiger partial charge in [0.2, 0.25) is 0 Å². The van der Waals surface area contributed by atoms with E-state index in [1.807, 2.05) is 0 Å². The van der Waals surface area contributed by atoms with Gasteiger partial charge in [0.15, 0.2) is 0 Å². The first kappa shape index (κ1) is 9.45. The van der Waals surface area contributed by atoms with Gasteiger partial charge in [-0.2, -0.15) is 0 Å². The molecule has 0 spiro atoms. The zero-order chi connectivity index (χ0) is 9.68. The minimum absolute atomic E-state index is 0.289. The summed E-state index contributed by atoms with van der Waals surface area (Å²) in [5.41, 5.74) is 0.289. The molecule has 1 aromatic rings. The van der Waals surface area contributed by atoms with E-state index in [1.165, 1.54) is 25.3 Å². The van der Waals surface area contributed by atoms with Crippen molar-refractivity contribution in [2.75, 3.05) is 7.11 Å². The lowest BCUT2D eigenvalue weighted by atomic mass is 10.2. The highest BCUT2D eigenvalue weighted by atomic mass is 19.1. The first-order valence-corrected chi connectivity index (χ1v) is 3.74. The molecule has 0 N–H and O–H groups in total. The lowest BCUT2D eigenvalue weighted by Gasteiger charge is -2.04. The number of hydrogen-bond acceptors (Lipinski definition) is 2. The summed E-state index contributed by atoms with van der Waals surface area (Å²) >= 11 is 0. The molecule has 0 heterocycles. The maximum Gasteiger partial charge on any atom is 0.142 e. The van der Waals surface area contributed by atoms with Gasteiger partial charge in [-0.05, 0) is 24.3 Å². The Labute approximate surface area is 75.6 Å². The van der Waals surface area contributed by atoms with E-state index in [0.29, 0.717) is 12.0 Å². The quantitative estimate of drug-likeness (QED) is 0.525. The van der Waals surface area contributed by atoms with Gasteiger partial charge in [-0.15, -0.1) is 0 Å². The first-order chi connectivity index (χ1) is 6.29. The molecule has 2 nitrogen and oxygen atoms in total. The number of carbonyl (C=O) groups excluding carboxylic acids is 1. The molecule has 0 aliphatic rings. The summed E-state index contributed by atoms with van der Waals surface area (Å²) in [4.78, 5) is 10.0. The molecule has 0 fully saturated rings. The van der Waals surface area contributed by atoms with Crippen molar-refractivity contribution in [3.05, 3.63) is 35.7 Å². The summed E-state index contributed by atoms with van der Waals surface area (Å²) in [7, 11) is 1.45. The predicted molar refractivity (Wildman–Crippen MR) is 48.1 cm³/mol. The number of allylic oxidation sites excluding steroid dienone is 1. The van der Waals surface area contributed by atoms with Gasteiger partial charge in [-0.3, -0.25) is 4.79 Å². The number of carbonyl (C=O) groups is 1. The van der Waals surface area contributed by atoms with Gasteiger partial charge < -0.3 is 4.74 Å². The normalized spacial score (nSPS) is 10.3. The summed E-state index contributed by atoms with van der Waals surface area (Å²) in [6.45, 7) is 0. The van der Waals surface area contributed by atoms with Crippen LogP contribution >= 0.6 is 0 Å². The average Bonchev–Trinajstić information content (AvgIpc) is 2.15. The van der Waals surface area contributed by atoms with Crippen LogP contribution in [0.3, 0.4) is 0 Å². The molecule has 13 heavy (non-hydrogen) atoms. The van der Waals surface area contributed by atoms with E-state index in [9.17, 15) is 9.18 Å². The zero-order valence-corrected chi connectivity index (χ0v) is 7.16.